The average Bonchev–Trinajstić information content (AvgIpc) is 3.62. The first kappa shape index (κ1) is 22.5. The molecule has 0 radical (unpaired) electrons. The number of hydrogen-bond acceptors (Lipinski definition) is 5. The monoisotopic (exact) mass is 513 g/mol. The Morgan fingerprint density at radius 2 is 1.76 bits per heavy atom. The van der Waals surface area contributed by atoms with E-state index in [9.17, 15) is 14.4 Å². The van der Waals surface area contributed by atoms with Crippen LogP contribution < -0.4 is 15.4 Å². The van der Waals surface area contributed by atoms with Crippen molar-refractivity contribution in [3.05, 3.63) is 88.4 Å². The first-order valence-electron chi connectivity index (χ1n) is 12.4. The number of fused-ring (bicyclic) bond motifs is 7. The van der Waals surface area contributed by atoms with Gasteiger partial charge in [-0.05, 0) is 61.3 Å². The van der Waals surface area contributed by atoms with Gasteiger partial charge in [-0.2, -0.15) is 0 Å². The molecule has 2 amide bonds. The van der Waals surface area contributed by atoms with Crippen LogP contribution in [0.1, 0.15) is 34.3 Å². The van der Waals surface area contributed by atoms with Gasteiger partial charge in [-0.15, -0.1) is 0 Å². The number of benzene rings is 3. The third kappa shape index (κ3) is 2.58. The van der Waals surface area contributed by atoms with E-state index < -0.39 is 16.9 Å². The number of carbonyl (C=O) groups excluding carboxylic acids is 3. The molecule has 8 heteroatoms. The van der Waals surface area contributed by atoms with Gasteiger partial charge in [0.1, 0.15) is 16.7 Å². The molecule has 7 nitrogen and oxygen atoms in total. The molecule has 4 heterocycles. The molecule has 7 rings (SSSR count). The number of ketones is 1. The largest absolute Gasteiger partial charge is 0.497 e. The van der Waals surface area contributed by atoms with E-state index in [-0.39, 0.29) is 23.6 Å². The molecule has 4 aliphatic heterocycles. The molecule has 2 saturated heterocycles. The topological polar surface area (TPSA) is 87.7 Å². The summed E-state index contributed by atoms with van der Waals surface area (Å²) in [5.74, 6) is -1.07. The van der Waals surface area contributed by atoms with Gasteiger partial charge < -0.3 is 15.4 Å². The van der Waals surface area contributed by atoms with E-state index in [0.29, 0.717) is 51.8 Å². The van der Waals surface area contributed by atoms with Crippen molar-refractivity contribution < 1.29 is 19.1 Å². The highest BCUT2D eigenvalue weighted by atomic mass is 35.5. The number of methoxy groups -OCH3 is 1. The number of nitrogens with one attached hydrogen (secondary N) is 2. The first-order chi connectivity index (χ1) is 17.9. The van der Waals surface area contributed by atoms with Crippen LogP contribution in [0, 0.1) is 5.92 Å². The van der Waals surface area contributed by atoms with Crippen molar-refractivity contribution in [2.45, 2.75) is 29.8 Å². The number of ether oxygens (including phenoxy) is 1. The van der Waals surface area contributed by atoms with Gasteiger partial charge in [0, 0.05) is 33.6 Å². The van der Waals surface area contributed by atoms with Crippen molar-refractivity contribution >= 4 is 40.6 Å². The average molecular weight is 514 g/mol. The van der Waals surface area contributed by atoms with Gasteiger partial charge in [0.05, 0.1) is 13.0 Å². The van der Waals surface area contributed by atoms with Crippen LogP contribution in [0.15, 0.2) is 66.7 Å². The van der Waals surface area contributed by atoms with Crippen molar-refractivity contribution in [1.29, 1.82) is 0 Å². The molecule has 0 unspecified atom stereocenters. The lowest BCUT2D eigenvalue weighted by atomic mass is 9.57. The molecular formula is C29H24ClN3O4. The molecule has 3 aromatic rings. The summed E-state index contributed by atoms with van der Waals surface area (Å²) >= 11 is 6.50. The lowest BCUT2D eigenvalue weighted by molar-refractivity contribution is -0.137. The van der Waals surface area contributed by atoms with E-state index >= 15 is 0 Å². The summed E-state index contributed by atoms with van der Waals surface area (Å²) in [5.41, 5.74) is 0.0859. The second-order valence-electron chi connectivity index (χ2n) is 10.1. The smallest absolute Gasteiger partial charge is 0.251 e. The lowest BCUT2D eigenvalue weighted by Crippen LogP contribution is -2.62. The van der Waals surface area contributed by atoms with Crippen LogP contribution >= 0.6 is 11.6 Å². The summed E-state index contributed by atoms with van der Waals surface area (Å²) in [4.78, 5) is 45.4. The summed E-state index contributed by atoms with van der Waals surface area (Å²) in [6.45, 7) is 0.586. The number of amides is 2. The third-order valence-corrected chi connectivity index (χ3v) is 8.93. The Kier molecular flexibility index (Phi) is 4.66. The first-order valence-corrected chi connectivity index (χ1v) is 12.8. The van der Waals surface area contributed by atoms with E-state index in [1.165, 1.54) is 0 Å². The van der Waals surface area contributed by atoms with Crippen LogP contribution in [0.25, 0.3) is 0 Å². The van der Waals surface area contributed by atoms with Crippen molar-refractivity contribution in [3.8, 4) is 5.75 Å². The molecule has 0 aromatic heterocycles. The second-order valence-corrected chi connectivity index (χ2v) is 10.6. The van der Waals surface area contributed by atoms with Crippen LogP contribution in [0.2, 0.25) is 5.02 Å². The Hall–Kier alpha value is -3.68. The molecule has 186 valence electrons. The van der Waals surface area contributed by atoms with Crippen molar-refractivity contribution in [2.75, 3.05) is 24.3 Å². The van der Waals surface area contributed by atoms with Crippen LogP contribution in [-0.4, -0.2) is 42.2 Å². The van der Waals surface area contributed by atoms with E-state index in [0.717, 1.165) is 6.42 Å². The summed E-state index contributed by atoms with van der Waals surface area (Å²) in [6.07, 6.45) is 1.51. The SMILES string of the molecule is COc1cccc(C(=O)[C@H]2[C@H]3CCCN3[C@]3(C(=O)Nc4ccc(Cl)cc43)[C@]23C(=O)Nc2ccccc23)c1. The number of anilines is 2. The predicted octanol–water partition coefficient (Wildman–Crippen LogP) is 4.36. The fourth-order valence-corrected chi connectivity index (χ4v) is 7.68. The highest BCUT2D eigenvalue weighted by Crippen LogP contribution is 2.68. The zero-order valence-corrected chi connectivity index (χ0v) is 20.8. The number of nitrogens with zero attached hydrogens (tertiary/aromatic N) is 1. The molecule has 3 aromatic carbocycles. The maximum atomic E-state index is 14.6. The maximum absolute atomic E-state index is 14.6. The van der Waals surface area contributed by atoms with Crippen LogP contribution in [0.4, 0.5) is 11.4 Å². The molecule has 0 bridgehead atoms. The minimum absolute atomic E-state index is 0.178. The van der Waals surface area contributed by atoms with Crippen molar-refractivity contribution in [2.24, 2.45) is 5.92 Å². The molecule has 0 aliphatic carbocycles. The summed E-state index contributed by atoms with van der Waals surface area (Å²) in [6, 6.07) is 19.4. The molecule has 2 spiro atoms. The van der Waals surface area contributed by atoms with Gasteiger partial charge in [0.2, 0.25) is 5.91 Å². The fourth-order valence-electron chi connectivity index (χ4n) is 7.51. The number of rotatable bonds is 3. The number of carbonyl (C=O) groups is 3. The lowest BCUT2D eigenvalue weighted by Gasteiger charge is -2.43. The molecule has 37 heavy (non-hydrogen) atoms. The molecule has 4 aliphatic rings. The fraction of sp³-hybridized carbons (Fsp3) is 0.276. The van der Waals surface area contributed by atoms with E-state index in [1.807, 2.05) is 24.3 Å². The van der Waals surface area contributed by atoms with Gasteiger partial charge in [0.25, 0.3) is 5.91 Å². The van der Waals surface area contributed by atoms with E-state index in [4.69, 9.17) is 16.3 Å². The predicted molar refractivity (Wildman–Crippen MR) is 139 cm³/mol. The summed E-state index contributed by atoms with van der Waals surface area (Å²) < 4.78 is 5.40. The minimum atomic E-state index is -1.49. The molecule has 4 atom stereocenters. The zero-order valence-electron chi connectivity index (χ0n) is 20.1. The van der Waals surface area contributed by atoms with Crippen molar-refractivity contribution in [1.82, 2.24) is 4.90 Å². The minimum Gasteiger partial charge on any atom is -0.497 e. The standard InChI is InChI=1S/C29H24ClN3O4/c1-37-18-7-4-6-16(14-18)25(34)24-23-10-5-13-33(23)29(20-15-17(30)11-12-22(20)32-27(29)36)28(24)19-8-2-3-9-21(19)31-26(28)35/h2-4,6-9,11-12,14-15,23-24H,5,10,13H2,1H3,(H,31,35)(H,32,36)/t23-,24-,28+,29-/m1/s1. The summed E-state index contributed by atoms with van der Waals surface area (Å²) in [7, 11) is 1.55. The molecule has 2 fully saturated rings. The van der Waals surface area contributed by atoms with Gasteiger partial charge in [-0.1, -0.05) is 41.9 Å². The Labute approximate surface area is 218 Å². The zero-order chi connectivity index (χ0) is 25.5. The van der Waals surface area contributed by atoms with Crippen LogP contribution in [0.3, 0.4) is 0 Å². The highest BCUT2D eigenvalue weighted by molar-refractivity contribution is 6.31. The maximum Gasteiger partial charge on any atom is 0.251 e. The quantitative estimate of drug-likeness (QED) is 0.508. The third-order valence-electron chi connectivity index (χ3n) is 8.70. The number of para-hydroxylation sites is 1. The van der Waals surface area contributed by atoms with E-state index in [1.54, 1.807) is 49.6 Å². The Bertz CT molecular complexity index is 1520. The normalized spacial score (nSPS) is 29.2. The highest BCUT2D eigenvalue weighted by Gasteiger charge is 2.81. The van der Waals surface area contributed by atoms with Crippen LogP contribution in [0.5, 0.6) is 5.75 Å². The van der Waals surface area contributed by atoms with Crippen LogP contribution in [-0.2, 0) is 20.5 Å². The van der Waals surface area contributed by atoms with Gasteiger partial charge >= 0.3 is 0 Å². The van der Waals surface area contributed by atoms with Crippen molar-refractivity contribution in [3.63, 3.8) is 0 Å². The molecule has 0 saturated carbocycles. The molecule has 2 N–H and O–H groups in total. The Morgan fingerprint density at radius 3 is 2.59 bits per heavy atom. The Morgan fingerprint density at radius 1 is 0.973 bits per heavy atom. The molecular weight excluding hydrogens is 490 g/mol. The summed E-state index contributed by atoms with van der Waals surface area (Å²) in [5, 5.41) is 6.55. The van der Waals surface area contributed by atoms with Gasteiger partial charge in [-0.3, -0.25) is 19.3 Å². The Balaban J connectivity index is 1.58. The van der Waals surface area contributed by atoms with Gasteiger partial charge in [-0.25, -0.2) is 0 Å². The van der Waals surface area contributed by atoms with Gasteiger partial charge in [0.15, 0.2) is 5.78 Å². The second kappa shape index (κ2) is 7.66. The van der Waals surface area contributed by atoms with E-state index in [2.05, 4.69) is 15.5 Å². The number of halogens is 1. The number of hydrogen-bond donors (Lipinski definition) is 2. The number of Topliss-reactive ketones (excluding diaryl/α,β-unsaturated/α-hetero) is 1.